The smallest absolute Gasteiger partial charge is 0.0737 e. The van der Waals surface area contributed by atoms with Crippen LogP contribution in [-0.2, 0) is 0 Å². The molecule has 0 heterocycles. The summed E-state index contributed by atoms with van der Waals surface area (Å²) < 4.78 is 0. The molecule has 0 spiro atoms. The molecule has 0 amide bonds. The van der Waals surface area contributed by atoms with Gasteiger partial charge in [-0.25, -0.2) is 0 Å². The highest BCUT2D eigenvalue weighted by Crippen LogP contribution is 2.31. The van der Waals surface area contributed by atoms with Gasteiger partial charge in [0.05, 0.1) is 5.60 Å². The zero-order valence-electron chi connectivity index (χ0n) is 9.04. The molecule has 0 aromatic rings. The van der Waals surface area contributed by atoms with E-state index in [1.54, 1.807) is 11.8 Å². The zero-order valence-corrected chi connectivity index (χ0v) is 9.85. The monoisotopic (exact) mass is 218 g/mol. The van der Waals surface area contributed by atoms with Crippen molar-refractivity contribution in [2.24, 2.45) is 5.92 Å². The number of aliphatic hydroxyl groups excluding tert-OH is 1. The van der Waals surface area contributed by atoms with Crippen LogP contribution in [0.5, 0.6) is 0 Å². The minimum absolute atomic E-state index is 0.255. The van der Waals surface area contributed by atoms with Crippen LogP contribution in [-0.4, -0.2) is 33.9 Å². The lowest BCUT2D eigenvalue weighted by Crippen LogP contribution is -2.34. The molecule has 1 aliphatic carbocycles. The van der Waals surface area contributed by atoms with E-state index in [0.717, 1.165) is 24.3 Å². The normalized spacial score (nSPS) is 23.4. The molecule has 0 aromatic heterocycles. The highest BCUT2D eigenvalue weighted by Gasteiger charge is 2.28. The van der Waals surface area contributed by atoms with Crippen LogP contribution in [0.1, 0.15) is 39.0 Å². The van der Waals surface area contributed by atoms with Crippen molar-refractivity contribution in [3.8, 4) is 0 Å². The van der Waals surface area contributed by atoms with Crippen molar-refractivity contribution in [3.63, 3.8) is 0 Å². The molecule has 1 unspecified atom stereocenters. The third-order valence-corrected chi connectivity index (χ3v) is 4.42. The van der Waals surface area contributed by atoms with Gasteiger partial charge in [-0.3, -0.25) is 0 Å². The van der Waals surface area contributed by atoms with Crippen LogP contribution < -0.4 is 0 Å². The molecular weight excluding hydrogens is 196 g/mol. The van der Waals surface area contributed by atoms with Gasteiger partial charge in [-0.2, -0.15) is 11.8 Å². The lowest BCUT2D eigenvalue weighted by Gasteiger charge is -2.31. The molecule has 84 valence electrons. The van der Waals surface area contributed by atoms with Crippen molar-refractivity contribution in [1.29, 1.82) is 0 Å². The Morgan fingerprint density at radius 2 is 1.93 bits per heavy atom. The average molecular weight is 218 g/mol. The number of hydrogen-bond donors (Lipinski definition) is 2. The molecule has 0 aromatic carbocycles. The fourth-order valence-electron chi connectivity index (χ4n) is 1.86. The SMILES string of the molecule is CC(CO)CSCC1(O)CCCCC1. The molecule has 1 saturated carbocycles. The Labute approximate surface area is 91.1 Å². The lowest BCUT2D eigenvalue weighted by atomic mass is 9.86. The molecule has 3 heteroatoms. The summed E-state index contributed by atoms with van der Waals surface area (Å²) in [4.78, 5) is 0. The third kappa shape index (κ3) is 4.20. The molecule has 14 heavy (non-hydrogen) atoms. The van der Waals surface area contributed by atoms with Crippen molar-refractivity contribution < 1.29 is 10.2 Å². The van der Waals surface area contributed by atoms with E-state index in [-0.39, 0.29) is 6.61 Å². The van der Waals surface area contributed by atoms with Crippen molar-refractivity contribution in [3.05, 3.63) is 0 Å². The van der Waals surface area contributed by atoms with Gasteiger partial charge < -0.3 is 10.2 Å². The lowest BCUT2D eigenvalue weighted by molar-refractivity contribution is 0.0272. The summed E-state index contributed by atoms with van der Waals surface area (Å²) in [7, 11) is 0. The minimum atomic E-state index is -0.405. The molecule has 0 bridgehead atoms. The van der Waals surface area contributed by atoms with Crippen LogP contribution in [0.15, 0.2) is 0 Å². The van der Waals surface area contributed by atoms with Crippen LogP contribution in [0.25, 0.3) is 0 Å². The quantitative estimate of drug-likeness (QED) is 0.742. The second-order valence-electron chi connectivity index (χ2n) is 4.59. The maximum atomic E-state index is 10.2. The first-order valence-corrected chi connectivity index (χ1v) is 6.73. The summed E-state index contributed by atoms with van der Waals surface area (Å²) in [6, 6.07) is 0. The van der Waals surface area contributed by atoms with Crippen LogP contribution in [0.4, 0.5) is 0 Å². The van der Waals surface area contributed by atoms with Crippen LogP contribution in [0.2, 0.25) is 0 Å². The minimum Gasteiger partial charge on any atom is -0.396 e. The number of aliphatic hydroxyl groups is 2. The second-order valence-corrected chi connectivity index (χ2v) is 5.62. The Morgan fingerprint density at radius 3 is 2.50 bits per heavy atom. The molecule has 0 saturated heterocycles. The van der Waals surface area contributed by atoms with E-state index >= 15 is 0 Å². The van der Waals surface area contributed by atoms with Gasteiger partial charge in [-0.15, -0.1) is 0 Å². The van der Waals surface area contributed by atoms with Gasteiger partial charge in [0.1, 0.15) is 0 Å². The van der Waals surface area contributed by atoms with Gasteiger partial charge in [0, 0.05) is 12.4 Å². The molecule has 1 atom stereocenters. The maximum absolute atomic E-state index is 10.2. The fourth-order valence-corrected chi connectivity index (χ4v) is 3.15. The highest BCUT2D eigenvalue weighted by molar-refractivity contribution is 7.99. The fraction of sp³-hybridized carbons (Fsp3) is 1.00. The maximum Gasteiger partial charge on any atom is 0.0737 e. The number of thioether (sulfide) groups is 1. The van der Waals surface area contributed by atoms with E-state index in [0.29, 0.717) is 5.92 Å². The van der Waals surface area contributed by atoms with Crippen molar-refractivity contribution >= 4 is 11.8 Å². The molecule has 1 fully saturated rings. The van der Waals surface area contributed by atoms with E-state index in [1.165, 1.54) is 19.3 Å². The third-order valence-electron chi connectivity index (χ3n) is 2.87. The van der Waals surface area contributed by atoms with Crippen LogP contribution in [0.3, 0.4) is 0 Å². The van der Waals surface area contributed by atoms with Crippen LogP contribution >= 0.6 is 11.8 Å². The first-order chi connectivity index (χ1) is 6.66. The highest BCUT2D eigenvalue weighted by atomic mass is 32.2. The molecule has 1 aliphatic rings. The van der Waals surface area contributed by atoms with Gasteiger partial charge in [-0.1, -0.05) is 26.2 Å². The molecular formula is C11H22O2S. The Balaban J connectivity index is 2.15. The summed E-state index contributed by atoms with van der Waals surface area (Å²) in [5.74, 6) is 2.16. The second kappa shape index (κ2) is 5.99. The van der Waals surface area contributed by atoms with Gasteiger partial charge in [0.15, 0.2) is 0 Å². The summed E-state index contributed by atoms with van der Waals surface area (Å²) in [5, 5.41) is 19.0. The summed E-state index contributed by atoms with van der Waals surface area (Å²) >= 11 is 1.78. The zero-order chi connectivity index (χ0) is 10.4. The standard InChI is InChI=1S/C11H22O2S/c1-10(7-12)8-14-9-11(13)5-3-2-4-6-11/h10,12-13H,2-9H2,1H3. The van der Waals surface area contributed by atoms with Crippen LogP contribution in [0, 0.1) is 5.92 Å². The van der Waals surface area contributed by atoms with Gasteiger partial charge in [0.2, 0.25) is 0 Å². The predicted octanol–water partition coefficient (Wildman–Crippen LogP) is 2.04. The Hall–Kier alpha value is 0.270. The summed E-state index contributed by atoms with van der Waals surface area (Å²) in [6.45, 7) is 2.29. The Kier molecular flexibility index (Phi) is 5.28. The van der Waals surface area contributed by atoms with Gasteiger partial charge in [0.25, 0.3) is 0 Å². The predicted molar refractivity (Wildman–Crippen MR) is 61.6 cm³/mol. The van der Waals surface area contributed by atoms with Crippen molar-refractivity contribution in [1.82, 2.24) is 0 Å². The summed E-state index contributed by atoms with van der Waals surface area (Å²) in [5.41, 5.74) is -0.405. The van der Waals surface area contributed by atoms with E-state index in [1.807, 2.05) is 6.92 Å². The largest absolute Gasteiger partial charge is 0.396 e. The average Bonchev–Trinajstić information content (AvgIpc) is 2.18. The van der Waals surface area contributed by atoms with Crippen molar-refractivity contribution in [2.75, 3.05) is 18.1 Å². The molecule has 0 radical (unpaired) electrons. The van der Waals surface area contributed by atoms with E-state index in [9.17, 15) is 5.11 Å². The Morgan fingerprint density at radius 1 is 1.29 bits per heavy atom. The topological polar surface area (TPSA) is 40.5 Å². The number of rotatable bonds is 5. The van der Waals surface area contributed by atoms with Gasteiger partial charge in [-0.05, 0) is 24.5 Å². The molecule has 0 aliphatic heterocycles. The molecule has 2 N–H and O–H groups in total. The Bertz CT molecular complexity index is 155. The molecule has 1 rings (SSSR count). The summed E-state index contributed by atoms with van der Waals surface area (Å²) in [6.07, 6.45) is 5.56. The first-order valence-electron chi connectivity index (χ1n) is 5.57. The van der Waals surface area contributed by atoms with Gasteiger partial charge >= 0.3 is 0 Å². The van der Waals surface area contributed by atoms with Crippen molar-refractivity contribution in [2.45, 2.75) is 44.6 Å². The van der Waals surface area contributed by atoms with E-state index in [2.05, 4.69) is 0 Å². The molecule has 2 nitrogen and oxygen atoms in total. The van der Waals surface area contributed by atoms with E-state index in [4.69, 9.17) is 5.11 Å². The number of hydrogen-bond acceptors (Lipinski definition) is 3. The first kappa shape index (κ1) is 12.3. The van der Waals surface area contributed by atoms with E-state index < -0.39 is 5.60 Å².